The molecule has 0 aromatic carbocycles. The molecule has 336 valence electrons. The van der Waals surface area contributed by atoms with Crippen LogP contribution in [0.1, 0.15) is 93.9 Å². The third-order valence-corrected chi connectivity index (χ3v) is 16.2. The maximum atomic E-state index is 13.1. The fourth-order valence-electron chi connectivity index (χ4n) is 5.41. The monoisotopic (exact) mass is 858 g/mol. The van der Waals surface area contributed by atoms with Gasteiger partial charge >= 0.3 is 5.97 Å². The third kappa shape index (κ3) is 28.3. The van der Waals surface area contributed by atoms with Crippen molar-refractivity contribution in [2.24, 2.45) is 5.92 Å². The van der Waals surface area contributed by atoms with Gasteiger partial charge in [0.1, 0.15) is 25.8 Å². The van der Waals surface area contributed by atoms with Crippen molar-refractivity contribution in [1.82, 2.24) is 5.32 Å². The van der Waals surface area contributed by atoms with E-state index in [0.29, 0.717) is 19.4 Å². The highest BCUT2D eigenvalue weighted by molar-refractivity contribution is 6.76. The second-order valence-corrected chi connectivity index (χ2v) is 28.7. The summed E-state index contributed by atoms with van der Waals surface area (Å²) < 4.78 is 35.5. The average molecular weight is 858 g/mol. The predicted octanol–water partition coefficient (Wildman–Crippen LogP) is 11.9. The predicted molar refractivity (Wildman–Crippen MR) is 252 cm³/mol. The normalized spacial score (nSPS) is 15.9. The summed E-state index contributed by atoms with van der Waals surface area (Å²) in [6, 6.07) is 1.10. The molecule has 0 fully saturated rings. The van der Waals surface area contributed by atoms with E-state index in [-0.39, 0.29) is 54.7 Å². The van der Waals surface area contributed by atoms with Gasteiger partial charge in [-0.2, -0.15) is 0 Å². The molecule has 0 saturated carbocycles. The van der Waals surface area contributed by atoms with Gasteiger partial charge < -0.3 is 33.4 Å². The summed E-state index contributed by atoms with van der Waals surface area (Å²) in [7, 11) is -1.60. The van der Waals surface area contributed by atoms with Gasteiger partial charge in [0.25, 0.3) is 0 Å². The van der Waals surface area contributed by atoms with Crippen molar-refractivity contribution < 1.29 is 37.7 Å². The van der Waals surface area contributed by atoms with Crippen LogP contribution in [0.2, 0.25) is 43.8 Å². The van der Waals surface area contributed by atoms with Crippen LogP contribution in [0.15, 0.2) is 96.8 Å². The average Bonchev–Trinajstić information content (AvgIpc) is 3.12. The first-order valence-electron chi connectivity index (χ1n) is 21.3. The second-order valence-electron chi connectivity index (χ2n) is 18.3. The van der Waals surface area contributed by atoms with Gasteiger partial charge in [0.05, 0.1) is 12.2 Å². The molecule has 1 amide bonds. The molecule has 0 unspecified atom stereocenters. The van der Waals surface area contributed by atoms with Gasteiger partial charge in [0.15, 0.2) is 8.32 Å². The SMILES string of the molecule is C=C[C@@H](CCCC=CC(=O)O[C@H](CC(C)=CC=CCC[C@@H](O[Si](C)(C)C(C)(C)C)[C@@H](C=C)OCOC)[C@H](C)C=C(C)C=CNC(=O)C=C(C)C)OCOCC[Si](C)(C)C. The van der Waals surface area contributed by atoms with Crippen molar-refractivity contribution in [2.75, 3.05) is 27.3 Å². The lowest BCUT2D eigenvalue weighted by atomic mass is 9.95. The van der Waals surface area contributed by atoms with Crippen LogP contribution in [0.25, 0.3) is 0 Å². The van der Waals surface area contributed by atoms with Gasteiger partial charge in [-0.3, -0.25) is 4.79 Å². The topological polar surface area (TPSA) is 102 Å². The van der Waals surface area contributed by atoms with E-state index in [0.717, 1.165) is 48.4 Å². The van der Waals surface area contributed by atoms with Crippen LogP contribution in [-0.2, 0) is 37.7 Å². The minimum Gasteiger partial charge on any atom is -0.458 e. The van der Waals surface area contributed by atoms with Crippen molar-refractivity contribution in [2.45, 2.75) is 162 Å². The molecule has 0 heterocycles. The highest BCUT2D eigenvalue weighted by Gasteiger charge is 2.40. The standard InChI is InChI=1S/C48H83NO8Si2/c1-17-42(54-37-53-31-32-58(12,13)14)26-22-20-24-28-47(51)56-45(41(7)34-40(6)29-30-49-46(50)33-38(3)4)35-39(5)25-21-19-23-27-44(43(18-2)55-36-52-11)57-59(15,16)48(8,9)10/h17-19,21,24-25,28-30,33-34,41-45H,1-2,20,22-23,26-27,31-32,35-37H2,3-16H3,(H,49,50)/t41-,42+,43-,44-,45-/m1/s1. The smallest absolute Gasteiger partial charge is 0.330 e. The molecule has 0 aliphatic rings. The molecule has 5 atom stereocenters. The molecule has 0 aromatic rings. The minimum absolute atomic E-state index is 0.0545. The first-order valence-corrected chi connectivity index (χ1v) is 27.9. The van der Waals surface area contributed by atoms with Crippen molar-refractivity contribution in [3.63, 3.8) is 0 Å². The van der Waals surface area contributed by atoms with E-state index >= 15 is 0 Å². The Morgan fingerprint density at radius 2 is 1.56 bits per heavy atom. The number of hydrogen-bond donors (Lipinski definition) is 1. The van der Waals surface area contributed by atoms with Crippen LogP contribution in [0, 0.1) is 5.92 Å². The number of amides is 1. The Morgan fingerprint density at radius 1 is 0.864 bits per heavy atom. The van der Waals surface area contributed by atoms with Crippen LogP contribution < -0.4 is 5.32 Å². The summed E-state index contributed by atoms with van der Waals surface area (Å²) in [5, 5.41) is 2.82. The zero-order valence-electron chi connectivity index (χ0n) is 39.5. The fourth-order valence-corrected chi connectivity index (χ4v) is 7.53. The number of carbonyl (C=O) groups excluding carboxylic acids is 2. The molecular formula is C48H83NO8Si2. The number of allylic oxidation sites excluding steroid dienone is 7. The minimum atomic E-state index is -2.07. The first-order chi connectivity index (χ1) is 27.5. The van der Waals surface area contributed by atoms with Gasteiger partial charge in [-0.1, -0.05) is 107 Å². The summed E-state index contributed by atoms with van der Waals surface area (Å²) in [5.74, 6) is -0.664. The highest BCUT2D eigenvalue weighted by atomic mass is 28.4. The summed E-state index contributed by atoms with van der Waals surface area (Å²) in [6.45, 7) is 37.0. The lowest BCUT2D eigenvalue weighted by molar-refractivity contribution is -0.144. The molecule has 59 heavy (non-hydrogen) atoms. The van der Waals surface area contributed by atoms with E-state index in [1.54, 1.807) is 31.5 Å². The zero-order chi connectivity index (χ0) is 45.1. The zero-order valence-corrected chi connectivity index (χ0v) is 41.5. The Labute approximate surface area is 362 Å². The van der Waals surface area contributed by atoms with E-state index in [2.05, 4.69) is 96.3 Å². The summed E-state index contributed by atoms with van der Waals surface area (Å²) in [6.07, 6.45) is 23.8. The van der Waals surface area contributed by atoms with Crippen LogP contribution >= 0.6 is 0 Å². The van der Waals surface area contributed by atoms with Gasteiger partial charge in [0.2, 0.25) is 5.91 Å². The van der Waals surface area contributed by atoms with Crippen molar-refractivity contribution in [3.8, 4) is 0 Å². The van der Waals surface area contributed by atoms with Crippen molar-refractivity contribution in [3.05, 3.63) is 96.8 Å². The van der Waals surface area contributed by atoms with Crippen LogP contribution in [0.3, 0.4) is 0 Å². The number of unbranched alkanes of at least 4 members (excludes halogenated alkanes) is 1. The maximum absolute atomic E-state index is 13.1. The van der Waals surface area contributed by atoms with Gasteiger partial charge in [-0.05, 0) is 90.1 Å². The lowest BCUT2D eigenvalue weighted by Gasteiger charge is -2.40. The number of ether oxygens (including phenoxy) is 5. The van der Waals surface area contributed by atoms with Gasteiger partial charge in [-0.25, -0.2) is 4.79 Å². The van der Waals surface area contributed by atoms with Gasteiger partial charge in [0, 0.05) is 52.5 Å². The molecule has 0 radical (unpaired) electrons. The summed E-state index contributed by atoms with van der Waals surface area (Å²) in [5.41, 5.74) is 2.94. The van der Waals surface area contributed by atoms with E-state index < -0.39 is 22.5 Å². The van der Waals surface area contributed by atoms with E-state index in [4.69, 9.17) is 28.1 Å². The largest absolute Gasteiger partial charge is 0.458 e. The number of rotatable bonds is 31. The quantitative estimate of drug-likeness (QED) is 0.0140. The Balaban J connectivity index is 5.76. The van der Waals surface area contributed by atoms with E-state index in [9.17, 15) is 9.59 Å². The molecular weight excluding hydrogens is 775 g/mol. The maximum Gasteiger partial charge on any atom is 0.330 e. The molecule has 0 rings (SSSR count). The summed E-state index contributed by atoms with van der Waals surface area (Å²) >= 11 is 0. The molecule has 0 bridgehead atoms. The van der Waals surface area contributed by atoms with Crippen LogP contribution in [0.5, 0.6) is 0 Å². The third-order valence-electron chi connectivity index (χ3n) is 10.00. The molecule has 0 saturated heterocycles. The Kier molecular flexibility index (Phi) is 28.7. The highest BCUT2D eigenvalue weighted by Crippen LogP contribution is 2.38. The van der Waals surface area contributed by atoms with E-state index in [1.807, 2.05) is 46.8 Å². The van der Waals surface area contributed by atoms with E-state index in [1.165, 1.54) is 6.08 Å². The fraction of sp³-hybridized carbons (Fsp3) is 0.625. The number of esters is 1. The molecule has 1 N–H and O–H groups in total. The van der Waals surface area contributed by atoms with Crippen molar-refractivity contribution in [1.29, 1.82) is 0 Å². The molecule has 0 aliphatic heterocycles. The number of methoxy groups -OCH3 is 1. The molecule has 11 heteroatoms. The van der Waals surface area contributed by atoms with Crippen LogP contribution in [-0.4, -0.2) is 80.0 Å². The Hall–Kier alpha value is -2.91. The summed E-state index contributed by atoms with van der Waals surface area (Å²) in [4.78, 5) is 25.2. The van der Waals surface area contributed by atoms with Crippen LogP contribution in [0.4, 0.5) is 0 Å². The number of hydrogen-bond acceptors (Lipinski definition) is 8. The Bertz CT molecular complexity index is 1430. The molecule has 0 spiro atoms. The Morgan fingerprint density at radius 3 is 2.15 bits per heavy atom. The number of carbonyl (C=O) groups is 2. The molecule has 0 aromatic heterocycles. The molecule has 0 aliphatic carbocycles. The second kappa shape index (κ2) is 30.2. The van der Waals surface area contributed by atoms with Crippen molar-refractivity contribution >= 4 is 28.3 Å². The van der Waals surface area contributed by atoms with Gasteiger partial charge in [-0.15, -0.1) is 13.2 Å². The first kappa shape index (κ1) is 56.1. The molecule has 9 nitrogen and oxygen atoms in total. The number of nitrogens with one attached hydrogen (secondary N) is 1. The lowest BCUT2D eigenvalue weighted by Crippen LogP contribution is -2.47.